The molecule has 2 aromatic carbocycles. The molecule has 0 spiro atoms. The van der Waals surface area contributed by atoms with Gasteiger partial charge in [0.2, 0.25) is 0 Å². The van der Waals surface area contributed by atoms with Crippen LogP contribution in [0, 0.1) is 13.8 Å². The first-order valence-corrected chi connectivity index (χ1v) is 8.44. The number of fused-ring (bicyclic) bond motifs is 1. The highest BCUT2D eigenvalue weighted by molar-refractivity contribution is 6.06. The van der Waals surface area contributed by atoms with E-state index in [-0.39, 0.29) is 5.91 Å². The number of amides is 1. The summed E-state index contributed by atoms with van der Waals surface area (Å²) in [6, 6.07) is 13.0. The molecule has 7 nitrogen and oxygen atoms in total. The Bertz CT molecular complexity index is 1130. The lowest BCUT2D eigenvalue weighted by atomic mass is 10.1. The minimum Gasteiger partial charge on any atom is -0.461 e. The second-order valence-corrected chi connectivity index (χ2v) is 6.33. The molecule has 136 valence electrons. The van der Waals surface area contributed by atoms with Gasteiger partial charge in [-0.05, 0) is 44.2 Å². The van der Waals surface area contributed by atoms with Crippen molar-refractivity contribution < 1.29 is 13.9 Å². The Kier molecular flexibility index (Phi) is 4.12. The summed E-state index contributed by atoms with van der Waals surface area (Å²) in [6.07, 6.45) is 1.48. The van der Waals surface area contributed by atoms with Crippen LogP contribution in [0.25, 0.3) is 11.0 Å². The predicted octanol–water partition coefficient (Wildman–Crippen LogP) is 4.22. The number of rotatable bonds is 4. The van der Waals surface area contributed by atoms with Gasteiger partial charge in [-0.3, -0.25) is 4.79 Å². The van der Waals surface area contributed by atoms with Gasteiger partial charge in [0.15, 0.2) is 5.82 Å². The standard InChI is InChI=1S/C20H18N4O3/c1-12-4-6-15(7-5-12)27-18-10-14(9-17-16(18)8-13(2)26-17)20(25)22-19-11-21-24(3)23-19/h4-11H,1-3H3,(H,22,23,25). The summed E-state index contributed by atoms with van der Waals surface area (Å²) in [5, 5.41) is 11.5. The molecule has 2 aromatic heterocycles. The van der Waals surface area contributed by atoms with Crippen LogP contribution in [0.3, 0.4) is 0 Å². The fraction of sp³-hybridized carbons (Fsp3) is 0.150. The third-order valence-electron chi connectivity index (χ3n) is 4.07. The number of furan rings is 1. The number of nitrogens with one attached hydrogen (secondary N) is 1. The van der Waals surface area contributed by atoms with E-state index < -0.39 is 0 Å². The second-order valence-electron chi connectivity index (χ2n) is 6.33. The third kappa shape index (κ3) is 3.52. The number of nitrogens with zero attached hydrogens (tertiary/aromatic N) is 3. The van der Waals surface area contributed by atoms with E-state index in [1.165, 1.54) is 11.0 Å². The number of aromatic nitrogens is 3. The number of ether oxygens (including phenoxy) is 1. The summed E-state index contributed by atoms with van der Waals surface area (Å²) in [5.41, 5.74) is 2.13. The molecule has 0 saturated heterocycles. The van der Waals surface area contributed by atoms with Gasteiger partial charge in [0.1, 0.15) is 22.8 Å². The molecular formula is C20H18N4O3. The van der Waals surface area contributed by atoms with E-state index in [1.54, 1.807) is 19.2 Å². The molecule has 0 fully saturated rings. The smallest absolute Gasteiger partial charge is 0.257 e. The van der Waals surface area contributed by atoms with Crippen molar-refractivity contribution in [1.29, 1.82) is 0 Å². The Morgan fingerprint density at radius 1 is 1.15 bits per heavy atom. The van der Waals surface area contributed by atoms with Crippen LogP contribution < -0.4 is 10.1 Å². The highest BCUT2D eigenvalue weighted by Gasteiger charge is 2.16. The first kappa shape index (κ1) is 16.8. The van der Waals surface area contributed by atoms with E-state index >= 15 is 0 Å². The Morgan fingerprint density at radius 2 is 1.93 bits per heavy atom. The maximum Gasteiger partial charge on any atom is 0.257 e. The molecule has 0 aliphatic rings. The zero-order chi connectivity index (χ0) is 19.0. The molecule has 2 heterocycles. The quantitative estimate of drug-likeness (QED) is 0.588. The van der Waals surface area contributed by atoms with E-state index in [9.17, 15) is 4.79 Å². The molecule has 0 unspecified atom stereocenters. The molecular weight excluding hydrogens is 344 g/mol. The Balaban J connectivity index is 1.71. The molecule has 1 N–H and O–H groups in total. The average molecular weight is 362 g/mol. The first-order valence-electron chi connectivity index (χ1n) is 8.44. The van der Waals surface area contributed by atoms with Crippen LogP contribution in [-0.2, 0) is 7.05 Å². The lowest BCUT2D eigenvalue weighted by molar-refractivity contribution is 0.102. The van der Waals surface area contributed by atoms with Crippen LogP contribution in [0.2, 0.25) is 0 Å². The number of hydrogen-bond donors (Lipinski definition) is 1. The van der Waals surface area contributed by atoms with Crippen LogP contribution in [0.5, 0.6) is 11.5 Å². The Labute approximate surface area is 155 Å². The highest BCUT2D eigenvalue weighted by Crippen LogP contribution is 2.34. The minimum absolute atomic E-state index is 0.319. The molecule has 0 bridgehead atoms. The van der Waals surface area contributed by atoms with Gasteiger partial charge in [-0.15, -0.1) is 5.10 Å². The number of carbonyl (C=O) groups is 1. The monoisotopic (exact) mass is 362 g/mol. The number of hydrogen-bond acceptors (Lipinski definition) is 5. The number of benzene rings is 2. The minimum atomic E-state index is -0.319. The van der Waals surface area contributed by atoms with Crippen molar-refractivity contribution in [3.63, 3.8) is 0 Å². The maximum atomic E-state index is 12.6. The Hall–Kier alpha value is -3.61. The van der Waals surface area contributed by atoms with E-state index in [4.69, 9.17) is 9.15 Å². The van der Waals surface area contributed by atoms with Crippen molar-refractivity contribution >= 4 is 22.7 Å². The SMILES string of the molecule is Cc1ccc(Oc2cc(C(=O)Nc3cnn(C)n3)cc3oc(C)cc23)cc1. The summed E-state index contributed by atoms with van der Waals surface area (Å²) in [6.45, 7) is 3.87. The fourth-order valence-corrected chi connectivity index (χ4v) is 2.77. The zero-order valence-electron chi connectivity index (χ0n) is 15.2. The molecule has 0 aliphatic heterocycles. The molecule has 4 aromatic rings. The maximum absolute atomic E-state index is 12.6. The molecule has 0 atom stereocenters. The molecule has 0 aliphatic carbocycles. The summed E-state index contributed by atoms with van der Waals surface area (Å²) >= 11 is 0. The van der Waals surface area contributed by atoms with Gasteiger partial charge < -0.3 is 14.5 Å². The lowest BCUT2D eigenvalue weighted by Crippen LogP contribution is -2.12. The number of aryl methyl sites for hydroxylation is 3. The molecule has 4 rings (SSSR count). The molecule has 0 radical (unpaired) electrons. The molecule has 1 amide bonds. The van der Waals surface area contributed by atoms with Crippen molar-refractivity contribution in [3.05, 3.63) is 65.5 Å². The van der Waals surface area contributed by atoms with Gasteiger partial charge in [-0.2, -0.15) is 9.90 Å². The summed E-state index contributed by atoms with van der Waals surface area (Å²) in [4.78, 5) is 14.0. The van der Waals surface area contributed by atoms with Crippen LogP contribution in [0.4, 0.5) is 5.82 Å². The van der Waals surface area contributed by atoms with Gasteiger partial charge in [0, 0.05) is 12.6 Å². The Morgan fingerprint density at radius 3 is 2.63 bits per heavy atom. The molecule has 7 heteroatoms. The number of anilines is 1. The zero-order valence-corrected chi connectivity index (χ0v) is 15.2. The van der Waals surface area contributed by atoms with Crippen LogP contribution >= 0.6 is 0 Å². The number of carbonyl (C=O) groups excluding carboxylic acids is 1. The van der Waals surface area contributed by atoms with Gasteiger partial charge in [-0.25, -0.2) is 0 Å². The normalized spacial score (nSPS) is 10.9. The third-order valence-corrected chi connectivity index (χ3v) is 4.07. The van der Waals surface area contributed by atoms with Gasteiger partial charge in [0.05, 0.1) is 11.6 Å². The highest BCUT2D eigenvalue weighted by atomic mass is 16.5. The topological polar surface area (TPSA) is 82.2 Å². The molecule has 0 saturated carbocycles. The van der Waals surface area contributed by atoms with E-state index in [0.717, 1.165) is 16.7 Å². The van der Waals surface area contributed by atoms with E-state index in [1.807, 2.05) is 44.2 Å². The van der Waals surface area contributed by atoms with E-state index in [0.29, 0.717) is 28.5 Å². The predicted molar refractivity (Wildman–Crippen MR) is 101 cm³/mol. The van der Waals surface area contributed by atoms with Crippen molar-refractivity contribution in [2.75, 3.05) is 5.32 Å². The summed E-state index contributed by atoms with van der Waals surface area (Å²) in [5.74, 6) is 2.04. The van der Waals surface area contributed by atoms with Gasteiger partial charge >= 0.3 is 0 Å². The first-order chi connectivity index (χ1) is 13.0. The molecule has 27 heavy (non-hydrogen) atoms. The van der Waals surface area contributed by atoms with Gasteiger partial charge in [-0.1, -0.05) is 17.7 Å². The van der Waals surface area contributed by atoms with Crippen molar-refractivity contribution in [2.24, 2.45) is 7.05 Å². The van der Waals surface area contributed by atoms with Gasteiger partial charge in [0.25, 0.3) is 5.91 Å². The lowest BCUT2D eigenvalue weighted by Gasteiger charge is -2.09. The summed E-state index contributed by atoms with van der Waals surface area (Å²) in [7, 11) is 1.68. The van der Waals surface area contributed by atoms with Crippen molar-refractivity contribution in [3.8, 4) is 11.5 Å². The van der Waals surface area contributed by atoms with Crippen molar-refractivity contribution in [1.82, 2.24) is 15.0 Å². The largest absolute Gasteiger partial charge is 0.461 e. The summed E-state index contributed by atoms with van der Waals surface area (Å²) < 4.78 is 11.8. The second kappa shape index (κ2) is 6.60. The van der Waals surface area contributed by atoms with Crippen LogP contribution in [0.15, 0.2) is 53.1 Å². The van der Waals surface area contributed by atoms with Crippen molar-refractivity contribution in [2.45, 2.75) is 13.8 Å². The van der Waals surface area contributed by atoms with Crippen LogP contribution in [-0.4, -0.2) is 20.9 Å². The average Bonchev–Trinajstić information content (AvgIpc) is 3.21. The van der Waals surface area contributed by atoms with E-state index in [2.05, 4.69) is 15.5 Å². The van der Waals surface area contributed by atoms with Crippen LogP contribution in [0.1, 0.15) is 21.7 Å². The fourth-order valence-electron chi connectivity index (χ4n) is 2.77.